The highest BCUT2D eigenvalue weighted by Crippen LogP contribution is 2.21. The number of hydrogen-bond donors (Lipinski definition) is 2. The van der Waals surface area contributed by atoms with Gasteiger partial charge in [-0.3, -0.25) is 4.79 Å². The molecule has 20 heavy (non-hydrogen) atoms. The predicted molar refractivity (Wildman–Crippen MR) is 80.1 cm³/mol. The highest BCUT2D eigenvalue weighted by Gasteiger charge is 2.07. The SMILES string of the molecule is Cc1ccc(/C=C/C(=O)Nc2ccc(C(=O)O)s2)cc1. The van der Waals surface area contributed by atoms with Crippen molar-refractivity contribution in [3.8, 4) is 0 Å². The zero-order chi connectivity index (χ0) is 14.5. The molecule has 2 rings (SSSR count). The Kier molecular flexibility index (Phi) is 4.32. The third-order valence-electron chi connectivity index (χ3n) is 2.57. The van der Waals surface area contributed by atoms with Crippen LogP contribution in [0, 0.1) is 6.92 Å². The first-order valence-electron chi connectivity index (χ1n) is 5.93. The van der Waals surface area contributed by atoms with E-state index in [4.69, 9.17) is 5.11 Å². The summed E-state index contributed by atoms with van der Waals surface area (Å²) in [5.74, 6) is -1.28. The molecule has 0 radical (unpaired) electrons. The van der Waals surface area contributed by atoms with Crippen LogP contribution in [0.5, 0.6) is 0 Å². The molecule has 102 valence electrons. The Morgan fingerprint density at radius 2 is 1.85 bits per heavy atom. The number of carboxylic acid groups (broad SMARTS) is 1. The Morgan fingerprint density at radius 1 is 1.15 bits per heavy atom. The van der Waals surface area contributed by atoms with Gasteiger partial charge in [-0.1, -0.05) is 29.8 Å². The smallest absolute Gasteiger partial charge is 0.345 e. The second-order valence-electron chi connectivity index (χ2n) is 4.20. The number of nitrogens with one attached hydrogen (secondary N) is 1. The molecule has 0 aliphatic heterocycles. The molecule has 0 aliphatic rings. The van der Waals surface area contributed by atoms with E-state index in [0.29, 0.717) is 5.00 Å². The quantitative estimate of drug-likeness (QED) is 0.847. The van der Waals surface area contributed by atoms with Crippen LogP contribution in [0.1, 0.15) is 20.8 Å². The Balaban J connectivity index is 1.97. The third-order valence-corrected chi connectivity index (χ3v) is 3.56. The molecule has 0 aliphatic carbocycles. The van der Waals surface area contributed by atoms with Gasteiger partial charge in [0.05, 0.1) is 5.00 Å². The summed E-state index contributed by atoms with van der Waals surface area (Å²) in [6.45, 7) is 2.00. The molecule has 5 heteroatoms. The monoisotopic (exact) mass is 287 g/mol. The summed E-state index contributed by atoms with van der Waals surface area (Å²) < 4.78 is 0. The number of hydrogen-bond acceptors (Lipinski definition) is 3. The predicted octanol–water partition coefficient (Wildman–Crippen LogP) is 3.41. The van der Waals surface area contributed by atoms with Gasteiger partial charge in [0, 0.05) is 6.08 Å². The molecule has 2 N–H and O–H groups in total. The molecule has 1 aromatic heterocycles. The first kappa shape index (κ1) is 14.0. The van der Waals surface area contributed by atoms with Gasteiger partial charge in [-0.2, -0.15) is 0 Å². The van der Waals surface area contributed by atoms with E-state index in [0.717, 1.165) is 22.5 Å². The maximum absolute atomic E-state index is 11.7. The number of amides is 1. The minimum atomic E-state index is -0.995. The minimum absolute atomic E-state index is 0.197. The van der Waals surface area contributed by atoms with E-state index in [1.807, 2.05) is 31.2 Å². The summed E-state index contributed by atoms with van der Waals surface area (Å²) in [5.41, 5.74) is 2.09. The summed E-state index contributed by atoms with van der Waals surface area (Å²) in [5, 5.41) is 11.9. The molecular formula is C15H13NO3S. The van der Waals surface area contributed by atoms with Crippen LogP contribution in [-0.4, -0.2) is 17.0 Å². The molecule has 2 aromatic rings. The summed E-state index contributed by atoms with van der Waals surface area (Å²) in [6, 6.07) is 10.8. The fraction of sp³-hybridized carbons (Fsp3) is 0.0667. The number of carbonyl (C=O) groups excluding carboxylic acids is 1. The minimum Gasteiger partial charge on any atom is -0.477 e. The molecule has 0 saturated heterocycles. The normalized spacial score (nSPS) is 10.7. The van der Waals surface area contributed by atoms with Gasteiger partial charge in [0.25, 0.3) is 0 Å². The molecular weight excluding hydrogens is 274 g/mol. The van der Waals surface area contributed by atoms with Crippen LogP contribution in [0.2, 0.25) is 0 Å². The van der Waals surface area contributed by atoms with Crippen LogP contribution in [0.4, 0.5) is 5.00 Å². The Bertz CT molecular complexity index is 656. The summed E-state index contributed by atoms with van der Waals surface area (Å²) in [4.78, 5) is 22.6. The number of rotatable bonds is 4. The van der Waals surface area contributed by atoms with E-state index in [1.165, 1.54) is 12.1 Å². The second-order valence-corrected chi connectivity index (χ2v) is 5.29. The van der Waals surface area contributed by atoms with Crippen LogP contribution in [0.15, 0.2) is 42.5 Å². The van der Waals surface area contributed by atoms with Gasteiger partial charge in [0.2, 0.25) is 5.91 Å². The van der Waals surface area contributed by atoms with E-state index in [1.54, 1.807) is 12.1 Å². The lowest BCUT2D eigenvalue weighted by Gasteiger charge is -1.97. The summed E-state index contributed by atoms with van der Waals surface area (Å²) >= 11 is 1.03. The first-order valence-corrected chi connectivity index (χ1v) is 6.75. The first-order chi connectivity index (χ1) is 9.54. The van der Waals surface area contributed by atoms with Gasteiger partial charge in [-0.15, -0.1) is 11.3 Å². The lowest BCUT2D eigenvalue weighted by molar-refractivity contribution is -0.111. The van der Waals surface area contributed by atoms with E-state index in [2.05, 4.69) is 5.32 Å². The molecule has 0 saturated carbocycles. The van der Waals surface area contributed by atoms with Crippen LogP contribution in [-0.2, 0) is 4.79 Å². The molecule has 4 nitrogen and oxygen atoms in total. The van der Waals surface area contributed by atoms with Crippen molar-refractivity contribution in [2.75, 3.05) is 5.32 Å². The zero-order valence-electron chi connectivity index (χ0n) is 10.8. The molecule has 1 aromatic carbocycles. The number of carboxylic acids is 1. The van der Waals surface area contributed by atoms with Crippen LogP contribution < -0.4 is 5.32 Å². The maximum Gasteiger partial charge on any atom is 0.345 e. The highest BCUT2D eigenvalue weighted by molar-refractivity contribution is 7.18. The summed E-state index contributed by atoms with van der Waals surface area (Å²) in [7, 11) is 0. The van der Waals surface area contributed by atoms with Crippen molar-refractivity contribution in [2.24, 2.45) is 0 Å². The molecule has 1 heterocycles. The second kappa shape index (κ2) is 6.16. The molecule has 0 unspecified atom stereocenters. The topological polar surface area (TPSA) is 66.4 Å². The molecule has 0 spiro atoms. The molecule has 1 amide bonds. The van der Waals surface area contributed by atoms with Crippen molar-refractivity contribution >= 4 is 34.3 Å². The van der Waals surface area contributed by atoms with Crippen LogP contribution in [0.3, 0.4) is 0 Å². The number of aromatic carboxylic acids is 1. The van der Waals surface area contributed by atoms with Crippen LogP contribution >= 0.6 is 11.3 Å². The zero-order valence-corrected chi connectivity index (χ0v) is 11.6. The largest absolute Gasteiger partial charge is 0.477 e. The van der Waals surface area contributed by atoms with Crippen molar-refractivity contribution in [3.05, 3.63) is 58.5 Å². The van der Waals surface area contributed by atoms with Crippen molar-refractivity contribution in [1.82, 2.24) is 0 Å². The highest BCUT2D eigenvalue weighted by atomic mass is 32.1. The fourth-order valence-corrected chi connectivity index (χ4v) is 2.28. The average Bonchev–Trinajstić information content (AvgIpc) is 2.87. The number of anilines is 1. The van der Waals surface area contributed by atoms with Crippen LogP contribution in [0.25, 0.3) is 6.08 Å². The number of thiophene rings is 1. The van der Waals surface area contributed by atoms with Gasteiger partial charge in [0.1, 0.15) is 4.88 Å². The van der Waals surface area contributed by atoms with Gasteiger partial charge >= 0.3 is 5.97 Å². The maximum atomic E-state index is 11.7. The van der Waals surface area contributed by atoms with Crippen molar-refractivity contribution in [3.63, 3.8) is 0 Å². The lowest BCUT2D eigenvalue weighted by atomic mass is 10.1. The van der Waals surface area contributed by atoms with Crippen molar-refractivity contribution in [1.29, 1.82) is 0 Å². The fourth-order valence-electron chi connectivity index (χ4n) is 1.53. The Morgan fingerprint density at radius 3 is 2.45 bits per heavy atom. The number of benzene rings is 1. The molecule has 0 atom stereocenters. The molecule has 0 bridgehead atoms. The molecule has 0 fully saturated rings. The van der Waals surface area contributed by atoms with E-state index in [-0.39, 0.29) is 10.8 Å². The number of aryl methyl sites for hydroxylation is 1. The third kappa shape index (κ3) is 3.80. The lowest BCUT2D eigenvalue weighted by Crippen LogP contribution is -2.06. The van der Waals surface area contributed by atoms with Gasteiger partial charge < -0.3 is 10.4 Å². The van der Waals surface area contributed by atoms with E-state index >= 15 is 0 Å². The average molecular weight is 287 g/mol. The van der Waals surface area contributed by atoms with Gasteiger partial charge in [-0.25, -0.2) is 4.79 Å². The van der Waals surface area contributed by atoms with Crippen molar-refractivity contribution in [2.45, 2.75) is 6.92 Å². The Hall–Kier alpha value is -2.40. The summed E-state index contributed by atoms with van der Waals surface area (Å²) in [6.07, 6.45) is 3.13. The standard InChI is InChI=1S/C15H13NO3S/c1-10-2-4-11(5-3-10)6-8-13(17)16-14-9-7-12(20-14)15(18)19/h2-9H,1H3,(H,16,17)(H,18,19)/b8-6+. The van der Waals surface area contributed by atoms with E-state index < -0.39 is 5.97 Å². The van der Waals surface area contributed by atoms with Gasteiger partial charge in [-0.05, 0) is 30.7 Å². The van der Waals surface area contributed by atoms with Crippen molar-refractivity contribution < 1.29 is 14.7 Å². The Labute approximate surface area is 120 Å². The van der Waals surface area contributed by atoms with Gasteiger partial charge in [0.15, 0.2) is 0 Å². The van der Waals surface area contributed by atoms with E-state index in [9.17, 15) is 9.59 Å². The number of carbonyl (C=O) groups is 2.